The number of H-pyrrole nitrogens is 1. The largest absolute Gasteiger partial charge is 0.507 e. The van der Waals surface area contributed by atoms with Crippen molar-refractivity contribution in [3.8, 4) is 16.9 Å². The van der Waals surface area contributed by atoms with E-state index < -0.39 is 0 Å². The Morgan fingerprint density at radius 2 is 1.82 bits per heavy atom. The predicted molar refractivity (Wildman–Crippen MR) is 73.1 cm³/mol. The fourth-order valence-corrected chi connectivity index (χ4v) is 2.38. The van der Waals surface area contributed by atoms with E-state index in [0.29, 0.717) is 0 Å². The molecule has 0 bridgehead atoms. The third-order valence-electron chi connectivity index (χ3n) is 2.84. The van der Waals surface area contributed by atoms with Crippen LogP contribution in [0.5, 0.6) is 5.75 Å². The lowest BCUT2D eigenvalue weighted by molar-refractivity contribution is 0.477. The Morgan fingerprint density at radius 1 is 1.00 bits per heavy atom. The zero-order valence-corrected chi connectivity index (χ0v) is 10.5. The zero-order valence-electron chi connectivity index (χ0n) is 8.94. The molecule has 0 saturated carbocycles. The molecule has 0 atom stereocenters. The van der Waals surface area contributed by atoms with Crippen LogP contribution in [0.15, 0.2) is 53.1 Å². The number of hydrogen-bond donors (Lipinski definition) is 2. The molecule has 0 aliphatic carbocycles. The Balaban J connectivity index is 2.31. The molecule has 84 valence electrons. The first-order valence-corrected chi connectivity index (χ1v) is 6.10. The van der Waals surface area contributed by atoms with Gasteiger partial charge in [-0.05, 0) is 24.3 Å². The molecule has 3 aromatic rings. The van der Waals surface area contributed by atoms with Crippen LogP contribution in [0, 0.1) is 0 Å². The van der Waals surface area contributed by atoms with Crippen molar-refractivity contribution in [3.05, 3.63) is 53.1 Å². The van der Waals surface area contributed by atoms with Gasteiger partial charge in [-0.15, -0.1) is 0 Å². The molecule has 0 spiro atoms. The highest BCUT2D eigenvalue weighted by atomic mass is 79.9. The highest BCUT2D eigenvalue weighted by molar-refractivity contribution is 9.10. The van der Waals surface area contributed by atoms with Crippen LogP contribution in [0.3, 0.4) is 0 Å². The lowest BCUT2D eigenvalue weighted by atomic mass is 10.0. The van der Waals surface area contributed by atoms with Gasteiger partial charge < -0.3 is 10.1 Å². The number of phenols is 1. The van der Waals surface area contributed by atoms with E-state index in [1.807, 2.05) is 42.6 Å². The molecule has 0 aliphatic rings. The Morgan fingerprint density at radius 3 is 2.71 bits per heavy atom. The molecule has 17 heavy (non-hydrogen) atoms. The molecule has 0 saturated heterocycles. The molecule has 1 aromatic heterocycles. The van der Waals surface area contributed by atoms with Crippen LogP contribution in [0.4, 0.5) is 0 Å². The second-order valence-electron chi connectivity index (χ2n) is 3.91. The summed E-state index contributed by atoms with van der Waals surface area (Å²) in [6.07, 6.45) is 1.92. The first-order valence-electron chi connectivity index (χ1n) is 5.31. The van der Waals surface area contributed by atoms with Crippen molar-refractivity contribution in [1.82, 2.24) is 4.98 Å². The lowest BCUT2D eigenvalue weighted by Crippen LogP contribution is -1.77. The number of halogens is 1. The normalized spacial score (nSPS) is 10.9. The maximum absolute atomic E-state index is 9.93. The molecule has 3 heteroatoms. The van der Waals surface area contributed by atoms with E-state index in [1.165, 1.54) is 0 Å². The van der Waals surface area contributed by atoms with Gasteiger partial charge in [-0.2, -0.15) is 0 Å². The first-order chi connectivity index (χ1) is 8.25. The number of rotatable bonds is 1. The monoisotopic (exact) mass is 287 g/mol. The van der Waals surface area contributed by atoms with Crippen LogP contribution in [-0.4, -0.2) is 10.1 Å². The van der Waals surface area contributed by atoms with Crippen LogP contribution in [0.25, 0.3) is 22.0 Å². The summed E-state index contributed by atoms with van der Waals surface area (Å²) in [6, 6.07) is 13.5. The number of para-hydroxylation sites is 1. The van der Waals surface area contributed by atoms with E-state index in [4.69, 9.17) is 0 Å². The van der Waals surface area contributed by atoms with E-state index >= 15 is 0 Å². The standard InChI is InChI=1S/C14H10BrNO/c15-9-5-6-14(17)11(7-9)12-8-16-13-4-2-1-3-10(12)13/h1-8,16-17H. The zero-order chi connectivity index (χ0) is 11.8. The summed E-state index contributed by atoms with van der Waals surface area (Å²) >= 11 is 3.42. The van der Waals surface area contributed by atoms with Gasteiger partial charge in [0.05, 0.1) is 0 Å². The van der Waals surface area contributed by atoms with E-state index in [-0.39, 0.29) is 5.75 Å². The maximum atomic E-state index is 9.93. The molecule has 2 aromatic carbocycles. The van der Waals surface area contributed by atoms with Gasteiger partial charge in [0, 0.05) is 32.7 Å². The molecule has 0 aliphatic heterocycles. The predicted octanol–water partition coefficient (Wildman–Crippen LogP) is 4.30. The lowest BCUT2D eigenvalue weighted by Gasteiger charge is -2.03. The van der Waals surface area contributed by atoms with Crippen LogP contribution >= 0.6 is 15.9 Å². The topological polar surface area (TPSA) is 36.0 Å². The Kier molecular flexibility index (Phi) is 2.41. The van der Waals surface area contributed by atoms with Gasteiger partial charge in [-0.1, -0.05) is 34.1 Å². The second-order valence-corrected chi connectivity index (χ2v) is 4.83. The molecule has 2 N–H and O–H groups in total. The van der Waals surface area contributed by atoms with Crippen LogP contribution in [0.1, 0.15) is 0 Å². The maximum Gasteiger partial charge on any atom is 0.123 e. The van der Waals surface area contributed by atoms with E-state index in [9.17, 15) is 5.11 Å². The van der Waals surface area contributed by atoms with Crippen LogP contribution in [-0.2, 0) is 0 Å². The summed E-state index contributed by atoms with van der Waals surface area (Å²) in [5, 5.41) is 11.0. The van der Waals surface area contributed by atoms with Gasteiger partial charge in [0.2, 0.25) is 0 Å². The highest BCUT2D eigenvalue weighted by Crippen LogP contribution is 2.36. The molecule has 0 unspecified atom stereocenters. The van der Waals surface area contributed by atoms with Crippen LogP contribution in [0.2, 0.25) is 0 Å². The van der Waals surface area contributed by atoms with Crippen molar-refractivity contribution in [2.45, 2.75) is 0 Å². The summed E-state index contributed by atoms with van der Waals surface area (Å²) in [5.74, 6) is 0.290. The smallest absolute Gasteiger partial charge is 0.123 e. The fourth-order valence-electron chi connectivity index (χ4n) is 2.02. The summed E-state index contributed by atoms with van der Waals surface area (Å²) in [4.78, 5) is 3.21. The Bertz CT molecular complexity index is 688. The molecule has 2 nitrogen and oxygen atoms in total. The summed E-state index contributed by atoms with van der Waals surface area (Å²) in [6.45, 7) is 0. The van der Waals surface area contributed by atoms with Crippen molar-refractivity contribution < 1.29 is 5.11 Å². The number of aromatic nitrogens is 1. The number of hydrogen-bond acceptors (Lipinski definition) is 1. The SMILES string of the molecule is Oc1ccc(Br)cc1-c1c[nH]c2ccccc12. The minimum absolute atomic E-state index is 0.290. The number of phenolic OH excluding ortho intramolecular Hbond substituents is 1. The number of benzene rings is 2. The number of nitrogens with one attached hydrogen (secondary N) is 1. The quantitative estimate of drug-likeness (QED) is 0.688. The van der Waals surface area contributed by atoms with Crippen LogP contribution < -0.4 is 0 Å². The third kappa shape index (κ3) is 1.72. The van der Waals surface area contributed by atoms with Crippen molar-refractivity contribution in [1.29, 1.82) is 0 Å². The number of aromatic amines is 1. The minimum atomic E-state index is 0.290. The molecular formula is C14H10BrNO. The average Bonchev–Trinajstić information content (AvgIpc) is 2.76. The van der Waals surface area contributed by atoms with Crippen molar-refractivity contribution in [2.75, 3.05) is 0 Å². The third-order valence-corrected chi connectivity index (χ3v) is 3.33. The average molecular weight is 288 g/mol. The Labute approximate surface area is 107 Å². The summed E-state index contributed by atoms with van der Waals surface area (Å²) in [7, 11) is 0. The molecular weight excluding hydrogens is 278 g/mol. The molecule has 1 heterocycles. The first kappa shape index (κ1) is 10.4. The highest BCUT2D eigenvalue weighted by Gasteiger charge is 2.09. The fraction of sp³-hybridized carbons (Fsp3) is 0. The second kappa shape index (κ2) is 3.93. The summed E-state index contributed by atoms with van der Waals surface area (Å²) in [5.41, 5.74) is 2.91. The van der Waals surface area contributed by atoms with Gasteiger partial charge >= 0.3 is 0 Å². The van der Waals surface area contributed by atoms with Gasteiger partial charge in [0.1, 0.15) is 5.75 Å². The van der Waals surface area contributed by atoms with Gasteiger partial charge in [-0.25, -0.2) is 0 Å². The van der Waals surface area contributed by atoms with Crippen molar-refractivity contribution in [2.24, 2.45) is 0 Å². The number of fused-ring (bicyclic) bond motifs is 1. The number of aromatic hydroxyl groups is 1. The molecule has 0 amide bonds. The van der Waals surface area contributed by atoms with Gasteiger partial charge in [0.15, 0.2) is 0 Å². The van der Waals surface area contributed by atoms with Crippen molar-refractivity contribution >= 4 is 26.8 Å². The molecule has 0 radical (unpaired) electrons. The molecule has 3 rings (SSSR count). The Hall–Kier alpha value is -1.74. The van der Waals surface area contributed by atoms with E-state index in [2.05, 4.69) is 20.9 Å². The van der Waals surface area contributed by atoms with Gasteiger partial charge in [0.25, 0.3) is 0 Å². The van der Waals surface area contributed by atoms with E-state index in [1.54, 1.807) is 6.07 Å². The van der Waals surface area contributed by atoms with Gasteiger partial charge in [-0.3, -0.25) is 0 Å². The van der Waals surface area contributed by atoms with E-state index in [0.717, 1.165) is 26.5 Å². The molecule has 0 fully saturated rings. The van der Waals surface area contributed by atoms with Crippen molar-refractivity contribution in [3.63, 3.8) is 0 Å². The minimum Gasteiger partial charge on any atom is -0.507 e. The summed E-state index contributed by atoms with van der Waals surface area (Å²) < 4.78 is 0.954.